The summed E-state index contributed by atoms with van der Waals surface area (Å²) in [6.45, 7) is 0. The largest absolute Gasteiger partial charge is 0.497 e. The van der Waals surface area contributed by atoms with E-state index in [1.54, 1.807) is 31.6 Å². The van der Waals surface area contributed by atoms with E-state index in [9.17, 15) is 4.79 Å². The number of nitrogens with one attached hydrogen (secondary N) is 4. The normalized spacial score (nSPS) is 20.6. The number of benzene rings is 1. The van der Waals surface area contributed by atoms with Crippen molar-refractivity contribution < 1.29 is 9.53 Å². The van der Waals surface area contributed by atoms with Gasteiger partial charge in [0.05, 0.1) is 13.2 Å². The van der Waals surface area contributed by atoms with Crippen molar-refractivity contribution in [3.63, 3.8) is 0 Å². The average Bonchev–Trinajstić information content (AvgIpc) is 3.05. The standard InChI is InChI=1S/C15H17N5O2/c1-22-12-4-2-3-10(9-12)13-14(19-20-18-13)15(21)17-11-5-7-16-8-6-11/h2-9,13-14,18-20H,1H3,(H,16,17,21). The third-order valence-electron chi connectivity index (χ3n) is 3.47. The SMILES string of the molecule is COc1cccc(C2NNNC2C(=O)Nc2ccncc2)c1. The molecule has 1 aliphatic rings. The minimum absolute atomic E-state index is 0.142. The molecule has 1 amide bonds. The number of hydrogen-bond acceptors (Lipinski definition) is 6. The number of methoxy groups -OCH3 is 1. The van der Waals surface area contributed by atoms with E-state index in [2.05, 4.69) is 26.7 Å². The van der Waals surface area contributed by atoms with Gasteiger partial charge in [0.25, 0.3) is 0 Å². The molecular weight excluding hydrogens is 282 g/mol. The first-order valence-electron chi connectivity index (χ1n) is 6.89. The predicted octanol–water partition coefficient (Wildman–Crippen LogP) is 0.751. The minimum Gasteiger partial charge on any atom is -0.497 e. The molecule has 22 heavy (non-hydrogen) atoms. The van der Waals surface area contributed by atoms with E-state index in [4.69, 9.17) is 4.74 Å². The monoisotopic (exact) mass is 299 g/mol. The number of pyridine rings is 1. The zero-order valence-electron chi connectivity index (χ0n) is 12.0. The van der Waals surface area contributed by atoms with Crippen molar-refractivity contribution in [3.05, 3.63) is 54.4 Å². The van der Waals surface area contributed by atoms with Gasteiger partial charge < -0.3 is 10.1 Å². The Morgan fingerprint density at radius 1 is 1.23 bits per heavy atom. The van der Waals surface area contributed by atoms with Crippen LogP contribution in [0.25, 0.3) is 0 Å². The molecule has 4 N–H and O–H groups in total. The highest BCUT2D eigenvalue weighted by molar-refractivity contribution is 5.95. The molecule has 1 fully saturated rings. The van der Waals surface area contributed by atoms with Gasteiger partial charge in [-0.1, -0.05) is 12.1 Å². The number of nitrogens with zero attached hydrogens (tertiary/aromatic N) is 1. The Morgan fingerprint density at radius 2 is 2.05 bits per heavy atom. The summed E-state index contributed by atoms with van der Waals surface area (Å²) in [4.78, 5) is 16.4. The molecule has 2 aromatic rings. The molecule has 1 aromatic carbocycles. The zero-order valence-corrected chi connectivity index (χ0v) is 12.0. The smallest absolute Gasteiger partial charge is 0.244 e. The van der Waals surface area contributed by atoms with E-state index in [0.29, 0.717) is 5.69 Å². The molecule has 2 heterocycles. The lowest BCUT2D eigenvalue weighted by atomic mass is 10.00. The van der Waals surface area contributed by atoms with E-state index in [-0.39, 0.29) is 11.9 Å². The van der Waals surface area contributed by atoms with Gasteiger partial charge in [0.2, 0.25) is 5.91 Å². The van der Waals surface area contributed by atoms with E-state index in [1.807, 2.05) is 24.3 Å². The van der Waals surface area contributed by atoms with E-state index in [1.165, 1.54) is 0 Å². The molecule has 2 unspecified atom stereocenters. The Kier molecular flexibility index (Phi) is 4.29. The molecule has 7 heteroatoms. The van der Waals surface area contributed by atoms with Crippen molar-refractivity contribution in [2.45, 2.75) is 12.1 Å². The lowest BCUT2D eigenvalue weighted by Crippen LogP contribution is -2.41. The summed E-state index contributed by atoms with van der Waals surface area (Å²) in [5.74, 6) is 0.607. The second-order valence-corrected chi connectivity index (χ2v) is 4.87. The van der Waals surface area contributed by atoms with Crippen molar-refractivity contribution in [1.82, 2.24) is 21.4 Å². The summed E-state index contributed by atoms with van der Waals surface area (Å²) in [6, 6.07) is 10.4. The van der Waals surface area contributed by atoms with Gasteiger partial charge in [0, 0.05) is 18.1 Å². The summed E-state index contributed by atoms with van der Waals surface area (Å²) < 4.78 is 5.23. The molecule has 2 atom stereocenters. The number of aromatic nitrogens is 1. The number of carbonyl (C=O) groups is 1. The number of hydrazine groups is 2. The van der Waals surface area contributed by atoms with Crippen LogP contribution in [0.5, 0.6) is 5.75 Å². The molecule has 1 aromatic heterocycles. The first-order chi connectivity index (χ1) is 10.8. The first kappa shape index (κ1) is 14.5. The van der Waals surface area contributed by atoms with Crippen LogP contribution in [0.15, 0.2) is 48.8 Å². The second-order valence-electron chi connectivity index (χ2n) is 4.87. The summed E-state index contributed by atoms with van der Waals surface area (Å²) in [6.07, 6.45) is 3.27. The molecule has 0 radical (unpaired) electrons. The number of rotatable bonds is 4. The van der Waals surface area contributed by atoms with Crippen LogP contribution in [-0.2, 0) is 4.79 Å². The quantitative estimate of drug-likeness (QED) is 0.666. The third kappa shape index (κ3) is 3.06. The van der Waals surface area contributed by atoms with Crippen LogP contribution in [0, 0.1) is 0 Å². The third-order valence-corrected chi connectivity index (χ3v) is 3.47. The Morgan fingerprint density at radius 3 is 2.82 bits per heavy atom. The highest BCUT2D eigenvalue weighted by Crippen LogP contribution is 2.23. The van der Waals surface area contributed by atoms with Crippen LogP contribution in [-0.4, -0.2) is 24.0 Å². The van der Waals surface area contributed by atoms with Gasteiger partial charge in [-0.25, -0.2) is 10.9 Å². The van der Waals surface area contributed by atoms with Gasteiger partial charge in [-0.05, 0) is 29.8 Å². The van der Waals surface area contributed by atoms with E-state index < -0.39 is 6.04 Å². The molecule has 0 saturated carbocycles. The average molecular weight is 299 g/mol. The Labute approximate surface area is 128 Å². The van der Waals surface area contributed by atoms with Crippen molar-refractivity contribution in [2.75, 3.05) is 12.4 Å². The molecule has 3 rings (SSSR count). The van der Waals surface area contributed by atoms with E-state index >= 15 is 0 Å². The fourth-order valence-electron chi connectivity index (χ4n) is 2.35. The number of hydrogen-bond donors (Lipinski definition) is 4. The van der Waals surface area contributed by atoms with Gasteiger partial charge in [0.15, 0.2) is 0 Å². The molecule has 0 spiro atoms. The van der Waals surface area contributed by atoms with Gasteiger partial charge in [-0.15, -0.1) is 0 Å². The first-order valence-corrected chi connectivity index (χ1v) is 6.89. The van der Waals surface area contributed by atoms with Crippen molar-refractivity contribution >= 4 is 11.6 Å². The molecule has 0 bridgehead atoms. The highest BCUT2D eigenvalue weighted by Gasteiger charge is 2.34. The van der Waals surface area contributed by atoms with Gasteiger partial charge in [0.1, 0.15) is 11.8 Å². The fraction of sp³-hybridized carbons (Fsp3) is 0.200. The molecule has 7 nitrogen and oxygen atoms in total. The summed E-state index contributed by atoms with van der Waals surface area (Å²) in [5, 5.41) is 2.86. The van der Waals surface area contributed by atoms with Crippen LogP contribution >= 0.6 is 0 Å². The Balaban J connectivity index is 1.76. The van der Waals surface area contributed by atoms with Crippen LogP contribution in [0.4, 0.5) is 5.69 Å². The van der Waals surface area contributed by atoms with Gasteiger partial charge in [-0.3, -0.25) is 9.78 Å². The minimum atomic E-state index is -0.458. The number of amides is 1. The maximum absolute atomic E-state index is 12.4. The predicted molar refractivity (Wildman–Crippen MR) is 81.8 cm³/mol. The van der Waals surface area contributed by atoms with Crippen molar-refractivity contribution in [2.24, 2.45) is 0 Å². The maximum atomic E-state index is 12.4. The van der Waals surface area contributed by atoms with Crippen LogP contribution in [0.1, 0.15) is 11.6 Å². The van der Waals surface area contributed by atoms with Crippen molar-refractivity contribution in [3.8, 4) is 5.75 Å². The molecule has 1 saturated heterocycles. The lowest BCUT2D eigenvalue weighted by molar-refractivity contribution is -0.118. The molecule has 1 aliphatic heterocycles. The Hall–Kier alpha value is -2.48. The summed E-state index contributed by atoms with van der Waals surface area (Å²) >= 11 is 0. The maximum Gasteiger partial charge on any atom is 0.244 e. The van der Waals surface area contributed by atoms with Crippen LogP contribution < -0.4 is 26.4 Å². The van der Waals surface area contributed by atoms with Crippen LogP contribution in [0.2, 0.25) is 0 Å². The Bertz CT molecular complexity index is 649. The lowest BCUT2D eigenvalue weighted by Gasteiger charge is -2.18. The number of carbonyl (C=O) groups excluding carboxylic acids is 1. The zero-order chi connectivity index (χ0) is 15.4. The highest BCUT2D eigenvalue weighted by atomic mass is 16.5. The molecular formula is C15H17N5O2. The van der Waals surface area contributed by atoms with Crippen LogP contribution in [0.3, 0.4) is 0 Å². The second kappa shape index (κ2) is 6.52. The van der Waals surface area contributed by atoms with Gasteiger partial charge >= 0.3 is 0 Å². The molecule has 0 aliphatic carbocycles. The van der Waals surface area contributed by atoms with E-state index in [0.717, 1.165) is 11.3 Å². The topological polar surface area (TPSA) is 87.3 Å². The van der Waals surface area contributed by atoms with Crippen molar-refractivity contribution in [1.29, 1.82) is 0 Å². The summed E-state index contributed by atoms with van der Waals surface area (Å²) in [5.41, 5.74) is 10.5. The fourth-order valence-corrected chi connectivity index (χ4v) is 2.35. The molecule has 114 valence electrons. The van der Waals surface area contributed by atoms with Gasteiger partial charge in [-0.2, -0.15) is 5.53 Å². The summed E-state index contributed by atoms with van der Waals surface area (Å²) in [7, 11) is 1.62. The number of anilines is 1. The number of ether oxygens (including phenoxy) is 1.